The molecule has 0 aliphatic carbocycles. The molecule has 8 heteroatoms. The molecule has 0 fully saturated rings. The van der Waals surface area contributed by atoms with Crippen molar-refractivity contribution < 1.29 is 9.59 Å². The number of pyridine rings is 1. The number of aromatic nitrogens is 2. The van der Waals surface area contributed by atoms with Gasteiger partial charge in [-0.25, -0.2) is 4.98 Å². The highest BCUT2D eigenvalue weighted by atomic mass is 16.2. The molecule has 8 nitrogen and oxygen atoms in total. The lowest BCUT2D eigenvalue weighted by Crippen LogP contribution is -2.30. The topological polar surface area (TPSA) is 82.5 Å². The van der Waals surface area contributed by atoms with E-state index in [1.165, 1.54) is 0 Å². The fourth-order valence-electron chi connectivity index (χ4n) is 4.65. The summed E-state index contributed by atoms with van der Waals surface area (Å²) in [5.41, 5.74) is 4.74. The summed E-state index contributed by atoms with van der Waals surface area (Å²) in [6, 6.07) is 22.6. The van der Waals surface area contributed by atoms with Gasteiger partial charge in [-0.3, -0.25) is 9.59 Å². The summed E-state index contributed by atoms with van der Waals surface area (Å²) in [6.45, 7) is 2.89. The van der Waals surface area contributed by atoms with Crippen molar-refractivity contribution in [3.05, 3.63) is 108 Å². The highest BCUT2D eigenvalue weighted by molar-refractivity contribution is 6.09. The summed E-state index contributed by atoms with van der Waals surface area (Å²) in [5.74, 6) is 0.219. The van der Waals surface area contributed by atoms with Crippen molar-refractivity contribution in [3.63, 3.8) is 0 Å². The second kappa shape index (κ2) is 11.3. The Balaban J connectivity index is 1.29. The van der Waals surface area contributed by atoms with E-state index in [1.807, 2.05) is 49.5 Å². The molecule has 0 unspecified atom stereocenters. The van der Waals surface area contributed by atoms with E-state index in [9.17, 15) is 9.59 Å². The Labute approximate surface area is 222 Å². The molecule has 2 aromatic heterocycles. The number of hydrogen-bond donors (Lipinski definition) is 2. The molecule has 3 heterocycles. The van der Waals surface area contributed by atoms with E-state index in [1.54, 1.807) is 42.6 Å². The van der Waals surface area contributed by atoms with E-state index < -0.39 is 0 Å². The number of nitrogens with one attached hydrogen (secondary N) is 2. The molecular weight excluding hydrogens is 476 g/mol. The third kappa shape index (κ3) is 5.60. The lowest BCUT2D eigenvalue weighted by Gasteiger charge is -2.23. The predicted octanol–water partition coefficient (Wildman–Crippen LogP) is 4.71. The molecule has 2 aromatic carbocycles. The summed E-state index contributed by atoms with van der Waals surface area (Å²) >= 11 is 0. The van der Waals surface area contributed by atoms with Crippen LogP contribution in [0.5, 0.6) is 0 Å². The van der Waals surface area contributed by atoms with Crippen LogP contribution in [0.4, 0.5) is 17.2 Å². The van der Waals surface area contributed by atoms with Gasteiger partial charge in [-0.05, 0) is 87.2 Å². The Hall–Kier alpha value is -4.43. The van der Waals surface area contributed by atoms with Crippen LogP contribution in [0.2, 0.25) is 0 Å². The number of carbonyl (C=O) groups is 2. The Morgan fingerprint density at radius 1 is 0.947 bits per heavy atom. The molecule has 4 aromatic rings. The monoisotopic (exact) mass is 508 g/mol. The van der Waals surface area contributed by atoms with Crippen LogP contribution in [-0.2, 0) is 13.1 Å². The van der Waals surface area contributed by atoms with Gasteiger partial charge in [0.2, 0.25) is 0 Å². The first-order valence-corrected chi connectivity index (χ1v) is 12.8. The molecular formula is C30H32N6O2. The minimum Gasteiger partial charge on any atom is -0.369 e. The van der Waals surface area contributed by atoms with Crippen molar-refractivity contribution in [1.29, 1.82) is 0 Å². The normalized spacial score (nSPS) is 12.4. The predicted molar refractivity (Wildman–Crippen MR) is 151 cm³/mol. The van der Waals surface area contributed by atoms with Crippen LogP contribution >= 0.6 is 0 Å². The Kier molecular flexibility index (Phi) is 7.51. The molecule has 0 radical (unpaired) electrons. The van der Waals surface area contributed by atoms with Crippen molar-refractivity contribution in [1.82, 2.24) is 14.5 Å². The van der Waals surface area contributed by atoms with Crippen molar-refractivity contribution in [2.75, 3.05) is 42.7 Å². The SMILES string of the molecule is CN(C)CCCNc1ncccc1C(=O)Nc1ccc(C(=O)N2Cc3cccn3Cc3ccccc32)cc1. The van der Waals surface area contributed by atoms with Crippen LogP contribution < -0.4 is 15.5 Å². The lowest BCUT2D eigenvalue weighted by atomic mass is 10.1. The van der Waals surface area contributed by atoms with E-state index in [0.717, 1.165) is 43.0 Å². The molecule has 0 saturated heterocycles. The number of fused-ring (bicyclic) bond motifs is 2. The Morgan fingerprint density at radius 2 is 1.76 bits per heavy atom. The zero-order valence-electron chi connectivity index (χ0n) is 21.7. The molecule has 0 bridgehead atoms. The lowest BCUT2D eigenvalue weighted by molar-refractivity contribution is 0.0983. The number of amides is 2. The summed E-state index contributed by atoms with van der Waals surface area (Å²) in [7, 11) is 4.06. The molecule has 1 aliphatic heterocycles. The number of hydrogen-bond acceptors (Lipinski definition) is 5. The van der Waals surface area contributed by atoms with Crippen LogP contribution in [-0.4, -0.2) is 53.5 Å². The second-order valence-corrected chi connectivity index (χ2v) is 9.66. The van der Waals surface area contributed by atoms with Crippen molar-refractivity contribution in [2.45, 2.75) is 19.5 Å². The number of para-hydroxylation sites is 1. The van der Waals surface area contributed by atoms with Crippen LogP contribution in [0.25, 0.3) is 0 Å². The maximum atomic E-state index is 13.6. The maximum absolute atomic E-state index is 13.6. The van der Waals surface area contributed by atoms with E-state index in [0.29, 0.717) is 29.2 Å². The summed E-state index contributed by atoms with van der Waals surface area (Å²) in [6.07, 6.45) is 4.65. The van der Waals surface area contributed by atoms with Gasteiger partial charge in [-0.1, -0.05) is 18.2 Å². The Bertz CT molecular complexity index is 1430. The standard InChI is InChI=1S/C30H32N6O2/c1-34(2)18-7-17-32-28-26(10-5-16-31-28)29(37)33-24-14-12-22(13-15-24)30(38)36-21-25-9-6-19-35(25)20-23-8-3-4-11-27(23)36/h3-6,8-16,19H,7,17-18,20-21H2,1-2H3,(H,31,32)(H,33,37). The molecule has 0 atom stereocenters. The molecule has 38 heavy (non-hydrogen) atoms. The van der Waals surface area contributed by atoms with Gasteiger partial charge in [-0.15, -0.1) is 0 Å². The minimum absolute atomic E-state index is 0.0820. The Morgan fingerprint density at radius 3 is 2.58 bits per heavy atom. The fourth-order valence-corrected chi connectivity index (χ4v) is 4.65. The smallest absolute Gasteiger partial charge is 0.259 e. The van der Waals surface area contributed by atoms with E-state index in [4.69, 9.17) is 0 Å². The highest BCUT2D eigenvalue weighted by Crippen LogP contribution is 2.29. The van der Waals surface area contributed by atoms with Crippen LogP contribution in [0.3, 0.4) is 0 Å². The largest absolute Gasteiger partial charge is 0.369 e. The third-order valence-electron chi connectivity index (χ3n) is 6.63. The number of rotatable bonds is 8. The highest BCUT2D eigenvalue weighted by Gasteiger charge is 2.24. The van der Waals surface area contributed by atoms with Crippen LogP contribution in [0.1, 0.15) is 38.4 Å². The average molecular weight is 509 g/mol. The number of benzene rings is 2. The van der Waals surface area contributed by atoms with Gasteiger partial charge in [0.05, 0.1) is 12.1 Å². The number of nitrogens with zero attached hydrogens (tertiary/aromatic N) is 4. The first-order chi connectivity index (χ1) is 18.5. The van der Waals surface area contributed by atoms with Crippen molar-refractivity contribution in [3.8, 4) is 0 Å². The van der Waals surface area contributed by atoms with Crippen molar-refractivity contribution >= 4 is 29.0 Å². The molecule has 5 rings (SSSR count). The molecule has 2 amide bonds. The first kappa shape index (κ1) is 25.2. The number of anilines is 3. The van der Waals surface area contributed by atoms with Gasteiger partial charge in [0.15, 0.2) is 0 Å². The van der Waals surface area contributed by atoms with E-state index in [2.05, 4.69) is 37.2 Å². The molecule has 2 N–H and O–H groups in total. The zero-order valence-corrected chi connectivity index (χ0v) is 21.7. The minimum atomic E-state index is -0.255. The fraction of sp³-hybridized carbons (Fsp3) is 0.233. The van der Waals surface area contributed by atoms with E-state index in [-0.39, 0.29) is 11.8 Å². The van der Waals surface area contributed by atoms with Crippen LogP contribution in [0.15, 0.2) is 85.2 Å². The van der Waals surface area contributed by atoms with Gasteiger partial charge in [-0.2, -0.15) is 0 Å². The summed E-state index contributed by atoms with van der Waals surface area (Å²) in [4.78, 5) is 34.9. The number of carbonyl (C=O) groups excluding carboxylic acids is 2. The average Bonchev–Trinajstić information content (AvgIpc) is 3.30. The quantitative estimate of drug-likeness (QED) is 0.337. The van der Waals surface area contributed by atoms with Crippen molar-refractivity contribution in [2.24, 2.45) is 0 Å². The third-order valence-corrected chi connectivity index (χ3v) is 6.63. The molecule has 0 saturated carbocycles. The van der Waals surface area contributed by atoms with Gasteiger partial charge >= 0.3 is 0 Å². The van der Waals surface area contributed by atoms with Gasteiger partial charge in [0, 0.05) is 48.1 Å². The first-order valence-electron chi connectivity index (χ1n) is 12.8. The molecule has 0 spiro atoms. The zero-order chi connectivity index (χ0) is 26.5. The summed E-state index contributed by atoms with van der Waals surface area (Å²) < 4.78 is 2.18. The van der Waals surface area contributed by atoms with Crippen LogP contribution in [0, 0.1) is 0 Å². The molecule has 194 valence electrons. The maximum Gasteiger partial charge on any atom is 0.259 e. The second-order valence-electron chi connectivity index (χ2n) is 9.66. The van der Waals surface area contributed by atoms with Gasteiger partial charge in [0.25, 0.3) is 11.8 Å². The molecule has 1 aliphatic rings. The summed E-state index contributed by atoms with van der Waals surface area (Å²) in [5, 5.41) is 6.20. The van der Waals surface area contributed by atoms with Gasteiger partial charge < -0.3 is 25.0 Å². The van der Waals surface area contributed by atoms with Gasteiger partial charge in [0.1, 0.15) is 5.82 Å². The van der Waals surface area contributed by atoms with E-state index >= 15 is 0 Å².